The minimum absolute atomic E-state index is 0.118. The molecule has 8 heteroatoms. The Balaban J connectivity index is 2.11. The molecule has 1 N–H and O–H groups in total. The Kier molecular flexibility index (Phi) is 4.71. The highest BCUT2D eigenvalue weighted by atomic mass is 32.1. The summed E-state index contributed by atoms with van der Waals surface area (Å²) in [5.41, 5.74) is 0.830. The predicted octanol–water partition coefficient (Wildman–Crippen LogP) is 1.35. The van der Waals surface area contributed by atoms with Crippen molar-refractivity contribution in [2.75, 3.05) is 12.4 Å². The van der Waals surface area contributed by atoms with Crippen LogP contribution in [0.2, 0.25) is 0 Å². The summed E-state index contributed by atoms with van der Waals surface area (Å²) < 4.78 is 5.95. The third-order valence-corrected chi connectivity index (χ3v) is 3.99. The normalized spacial score (nSPS) is 10.3. The van der Waals surface area contributed by atoms with Gasteiger partial charge in [0.2, 0.25) is 5.91 Å². The van der Waals surface area contributed by atoms with E-state index in [1.807, 2.05) is 0 Å². The Hall–Kier alpha value is -2.48. The second-order valence-electron chi connectivity index (χ2n) is 4.60. The van der Waals surface area contributed by atoms with Gasteiger partial charge in [0.25, 0.3) is 5.56 Å². The second-order valence-corrected chi connectivity index (χ2v) is 5.60. The van der Waals surface area contributed by atoms with Gasteiger partial charge in [-0.15, -0.1) is 0 Å². The van der Waals surface area contributed by atoms with Crippen molar-refractivity contribution in [3.05, 3.63) is 44.8 Å². The van der Waals surface area contributed by atoms with Crippen LogP contribution in [-0.2, 0) is 16.1 Å². The van der Waals surface area contributed by atoms with Gasteiger partial charge in [0.05, 0.1) is 12.8 Å². The third kappa shape index (κ3) is 3.40. The molecule has 116 valence electrons. The van der Waals surface area contributed by atoms with Gasteiger partial charge < -0.3 is 14.6 Å². The largest absolute Gasteiger partial charge is 0.465 e. The van der Waals surface area contributed by atoms with Gasteiger partial charge in [-0.2, -0.15) is 0 Å². The molecule has 0 aromatic carbocycles. The fraction of sp³-hybridized carbons (Fsp3) is 0.286. The van der Waals surface area contributed by atoms with Gasteiger partial charge in [0.1, 0.15) is 11.4 Å². The molecule has 0 saturated heterocycles. The number of hydrogen-bond acceptors (Lipinski definition) is 6. The fourth-order valence-electron chi connectivity index (χ4n) is 1.83. The summed E-state index contributed by atoms with van der Waals surface area (Å²) in [6, 6.07) is 3.39. The maximum Gasteiger partial charge on any atom is 0.350 e. The van der Waals surface area contributed by atoms with E-state index < -0.39 is 11.9 Å². The van der Waals surface area contributed by atoms with E-state index in [0.717, 1.165) is 11.3 Å². The van der Waals surface area contributed by atoms with E-state index >= 15 is 0 Å². The van der Waals surface area contributed by atoms with E-state index in [2.05, 4.69) is 15.0 Å². The van der Waals surface area contributed by atoms with E-state index in [0.29, 0.717) is 21.3 Å². The lowest BCUT2D eigenvalue weighted by atomic mass is 10.3. The van der Waals surface area contributed by atoms with Gasteiger partial charge in [-0.3, -0.25) is 9.59 Å². The highest BCUT2D eigenvalue weighted by molar-refractivity contribution is 7.17. The van der Waals surface area contributed by atoms with Crippen LogP contribution >= 0.6 is 11.3 Å². The summed E-state index contributed by atoms with van der Waals surface area (Å²) >= 11 is 1.03. The van der Waals surface area contributed by atoms with Crippen LogP contribution in [0.5, 0.6) is 0 Å². The van der Waals surface area contributed by atoms with Crippen molar-refractivity contribution in [1.29, 1.82) is 0 Å². The van der Waals surface area contributed by atoms with Crippen molar-refractivity contribution < 1.29 is 14.3 Å². The molecule has 0 fully saturated rings. The van der Waals surface area contributed by atoms with Gasteiger partial charge in [-0.05, 0) is 19.9 Å². The summed E-state index contributed by atoms with van der Waals surface area (Å²) in [5, 5.41) is 2.87. The molecule has 0 aliphatic carbocycles. The zero-order valence-electron chi connectivity index (χ0n) is 12.4. The van der Waals surface area contributed by atoms with Gasteiger partial charge in [-0.1, -0.05) is 17.4 Å². The number of rotatable bonds is 4. The fourth-order valence-corrected chi connectivity index (χ4v) is 2.73. The summed E-state index contributed by atoms with van der Waals surface area (Å²) in [6.45, 7) is 3.22. The van der Waals surface area contributed by atoms with Gasteiger partial charge in [0, 0.05) is 11.8 Å². The number of pyridine rings is 1. The lowest BCUT2D eigenvalue weighted by Gasteiger charge is -2.05. The zero-order valence-corrected chi connectivity index (χ0v) is 13.2. The Labute approximate surface area is 130 Å². The third-order valence-electron chi connectivity index (χ3n) is 2.94. The van der Waals surface area contributed by atoms with Crippen LogP contribution in [-0.4, -0.2) is 28.5 Å². The van der Waals surface area contributed by atoms with Crippen molar-refractivity contribution in [2.24, 2.45) is 0 Å². The van der Waals surface area contributed by atoms with E-state index in [4.69, 9.17) is 0 Å². The smallest absolute Gasteiger partial charge is 0.350 e. The number of ether oxygens (including phenoxy) is 1. The molecule has 2 rings (SSSR count). The minimum Gasteiger partial charge on any atom is -0.465 e. The van der Waals surface area contributed by atoms with Crippen molar-refractivity contribution in [3.8, 4) is 0 Å². The number of anilines is 1. The summed E-state index contributed by atoms with van der Waals surface area (Å²) in [6.07, 6.45) is 1.54. The van der Waals surface area contributed by atoms with Crippen LogP contribution < -0.4 is 10.9 Å². The molecule has 1 amide bonds. The molecule has 2 aromatic heterocycles. The molecule has 0 bridgehead atoms. The molecular weight excluding hydrogens is 306 g/mol. The number of methoxy groups -OCH3 is 1. The standard InChI is InChI=1S/C14H15N3O4S/c1-8-5-4-6-17(12(8)19)7-10(18)16-14-15-9(2)11(22-14)13(20)21-3/h4-6H,7H2,1-3H3,(H,15,16,18). The maximum atomic E-state index is 12.0. The first kappa shape index (κ1) is 15.9. The number of nitrogens with one attached hydrogen (secondary N) is 1. The van der Waals surface area contributed by atoms with Crippen LogP contribution in [0.15, 0.2) is 23.1 Å². The van der Waals surface area contributed by atoms with E-state index in [1.54, 1.807) is 32.2 Å². The molecule has 0 radical (unpaired) electrons. The number of thiazole rings is 1. The molecule has 0 aliphatic rings. The molecule has 22 heavy (non-hydrogen) atoms. The number of carbonyl (C=O) groups is 2. The Bertz CT molecular complexity index is 779. The average molecular weight is 321 g/mol. The molecule has 0 aliphatic heterocycles. The van der Waals surface area contributed by atoms with E-state index in [-0.39, 0.29) is 12.1 Å². The van der Waals surface area contributed by atoms with Crippen LogP contribution in [0.4, 0.5) is 5.13 Å². The molecule has 2 aromatic rings. The molecular formula is C14H15N3O4S. The number of carbonyl (C=O) groups excluding carboxylic acids is 2. The van der Waals surface area contributed by atoms with Gasteiger partial charge in [0.15, 0.2) is 5.13 Å². The number of nitrogens with zero attached hydrogens (tertiary/aromatic N) is 2. The lowest BCUT2D eigenvalue weighted by molar-refractivity contribution is -0.116. The van der Waals surface area contributed by atoms with Gasteiger partial charge in [-0.25, -0.2) is 9.78 Å². The van der Waals surface area contributed by atoms with Crippen LogP contribution in [0.3, 0.4) is 0 Å². The number of aryl methyl sites for hydroxylation is 2. The lowest BCUT2D eigenvalue weighted by Crippen LogP contribution is -2.28. The molecule has 0 saturated carbocycles. The number of hydrogen-bond donors (Lipinski definition) is 1. The Morgan fingerprint density at radius 1 is 1.41 bits per heavy atom. The predicted molar refractivity (Wildman–Crippen MR) is 82.3 cm³/mol. The number of esters is 1. The molecule has 0 atom stereocenters. The summed E-state index contributed by atoms with van der Waals surface area (Å²) in [7, 11) is 1.28. The molecule has 2 heterocycles. The van der Waals surface area contributed by atoms with Crippen molar-refractivity contribution in [2.45, 2.75) is 20.4 Å². The summed E-state index contributed by atoms with van der Waals surface area (Å²) in [5.74, 6) is -0.886. The SMILES string of the molecule is COC(=O)c1sc(NC(=O)Cn2cccc(C)c2=O)nc1C. The first-order valence-corrected chi connectivity index (χ1v) is 7.25. The highest BCUT2D eigenvalue weighted by Gasteiger charge is 2.17. The monoisotopic (exact) mass is 321 g/mol. The molecule has 7 nitrogen and oxygen atoms in total. The highest BCUT2D eigenvalue weighted by Crippen LogP contribution is 2.23. The number of aromatic nitrogens is 2. The maximum absolute atomic E-state index is 12.0. The van der Waals surface area contributed by atoms with Gasteiger partial charge >= 0.3 is 5.97 Å². The van der Waals surface area contributed by atoms with E-state index in [1.165, 1.54) is 11.7 Å². The Morgan fingerprint density at radius 2 is 2.14 bits per heavy atom. The number of amides is 1. The van der Waals surface area contributed by atoms with Crippen molar-refractivity contribution >= 4 is 28.3 Å². The zero-order chi connectivity index (χ0) is 16.3. The van der Waals surface area contributed by atoms with Crippen LogP contribution in [0, 0.1) is 13.8 Å². The topological polar surface area (TPSA) is 90.3 Å². The van der Waals surface area contributed by atoms with Crippen LogP contribution in [0.25, 0.3) is 0 Å². The molecule has 0 spiro atoms. The van der Waals surface area contributed by atoms with Crippen LogP contribution in [0.1, 0.15) is 20.9 Å². The molecule has 0 unspecified atom stereocenters. The second kappa shape index (κ2) is 6.52. The van der Waals surface area contributed by atoms with E-state index in [9.17, 15) is 14.4 Å². The summed E-state index contributed by atoms with van der Waals surface area (Å²) in [4.78, 5) is 39.8. The van der Waals surface area contributed by atoms with Crippen molar-refractivity contribution in [1.82, 2.24) is 9.55 Å². The minimum atomic E-state index is -0.495. The Morgan fingerprint density at radius 3 is 2.82 bits per heavy atom. The first-order chi connectivity index (χ1) is 10.4. The average Bonchev–Trinajstić information content (AvgIpc) is 2.83. The first-order valence-electron chi connectivity index (χ1n) is 6.44. The van der Waals surface area contributed by atoms with Crippen molar-refractivity contribution in [3.63, 3.8) is 0 Å². The quantitative estimate of drug-likeness (QED) is 0.858.